The van der Waals surface area contributed by atoms with E-state index in [9.17, 15) is 0 Å². The molecule has 0 unspecified atom stereocenters. The number of quaternary nitrogens is 1. The van der Waals surface area contributed by atoms with Crippen LogP contribution >= 0.6 is 0 Å². The number of hydrogen-bond acceptors (Lipinski definition) is 1. The molecule has 1 aliphatic rings. The predicted molar refractivity (Wildman–Crippen MR) is 119 cm³/mol. The van der Waals surface area contributed by atoms with Crippen LogP contribution in [0.15, 0.2) is 48.5 Å². The third kappa shape index (κ3) is 7.19. The van der Waals surface area contributed by atoms with Crippen LogP contribution in [0.3, 0.4) is 0 Å². The maximum atomic E-state index is 6.69. The quantitative estimate of drug-likeness (QED) is 0.443. The standard InChI is InChI=1S/C26H38NO.Y/c1-22-14-13-15-23(2)25(22)28-26(3,4)21-27(18-11-6-5-7-12-19-27)20-24-16-9-8-10-17-24;/h8-10,13-17H,5-7,11-12,18-21H2,1-4H3;/q+1;. The van der Waals surface area contributed by atoms with Crippen molar-refractivity contribution in [1.29, 1.82) is 0 Å². The van der Waals surface area contributed by atoms with Gasteiger partial charge in [-0.1, -0.05) is 55.0 Å². The molecule has 3 rings (SSSR count). The molecule has 2 nitrogen and oxygen atoms in total. The summed E-state index contributed by atoms with van der Waals surface area (Å²) in [4.78, 5) is 0. The molecular weight excluding hydrogens is 431 g/mol. The summed E-state index contributed by atoms with van der Waals surface area (Å²) in [5, 5.41) is 0. The van der Waals surface area contributed by atoms with Crippen LogP contribution in [0.2, 0.25) is 0 Å². The van der Waals surface area contributed by atoms with E-state index in [1.165, 1.54) is 61.9 Å². The third-order valence-electron chi connectivity index (χ3n) is 6.13. The number of nitrogens with zero attached hydrogens (tertiary/aromatic N) is 1. The summed E-state index contributed by atoms with van der Waals surface area (Å²) in [6, 6.07) is 17.5. The first-order valence-electron chi connectivity index (χ1n) is 11.0. The molecule has 1 heterocycles. The van der Waals surface area contributed by atoms with Crippen LogP contribution in [0.1, 0.15) is 62.6 Å². The molecule has 0 N–H and O–H groups in total. The Labute approximate surface area is 203 Å². The Morgan fingerprint density at radius 2 is 1.34 bits per heavy atom. The minimum Gasteiger partial charge on any atom is -0.481 e. The summed E-state index contributed by atoms with van der Waals surface area (Å²) >= 11 is 0. The van der Waals surface area contributed by atoms with Crippen molar-refractivity contribution in [2.75, 3.05) is 19.6 Å². The van der Waals surface area contributed by atoms with Crippen molar-refractivity contribution in [2.45, 2.75) is 71.9 Å². The normalized spacial score (nSPS) is 17.0. The fourth-order valence-corrected chi connectivity index (χ4v) is 4.96. The average molecular weight is 470 g/mol. The van der Waals surface area contributed by atoms with Gasteiger partial charge in [0.2, 0.25) is 0 Å². The van der Waals surface area contributed by atoms with Crippen LogP contribution in [0.5, 0.6) is 5.75 Å². The predicted octanol–water partition coefficient (Wildman–Crippen LogP) is 6.44. The van der Waals surface area contributed by atoms with Gasteiger partial charge in [-0.25, -0.2) is 0 Å². The molecule has 0 aliphatic carbocycles. The number of likely N-dealkylation sites (tertiary alicyclic amines) is 1. The smallest absolute Gasteiger partial charge is 0.152 e. The molecule has 2 aromatic rings. The Kier molecular flexibility index (Phi) is 9.38. The SMILES string of the molecule is Cc1cccc(C)c1OC(C)(C)C[N+]1(Cc2ccccc2)CCCCCCC1.[Y]. The van der Waals surface area contributed by atoms with E-state index in [0.717, 1.165) is 23.3 Å². The molecule has 1 fully saturated rings. The number of ether oxygens (including phenoxy) is 1. The van der Waals surface area contributed by atoms with Gasteiger partial charge in [0.1, 0.15) is 18.8 Å². The van der Waals surface area contributed by atoms with E-state index in [-0.39, 0.29) is 38.3 Å². The molecule has 0 spiro atoms. The maximum absolute atomic E-state index is 6.69. The van der Waals surface area contributed by atoms with Crippen molar-refractivity contribution in [2.24, 2.45) is 0 Å². The second-order valence-corrected chi connectivity index (χ2v) is 9.44. The van der Waals surface area contributed by atoms with E-state index >= 15 is 0 Å². The zero-order chi connectivity index (χ0) is 20.0. The fraction of sp³-hybridized carbons (Fsp3) is 0.538. The number of hydrogen-bond donors (Lipinski definition) is 0. The van der Waals surface area contributed by atoms with E-state index in [1.807, 2.05) is 0 Å². The van der Waals surface area contributed by atoms with Gasteiger partial charge in [0.15, 0.2) is 5.60 Å². The third-order valence-corrected chi connectivity index (χ3v) is 6.13. The first-order chi connectivity index (χ1) is 13.4. The van der Waals surface area contributed by atoms with Crippen LogP contribution in [0.4, 0.5) is 0 Å². The molecule has 0 saturated carbocycles. The number of aryl methyl sites for hydroxylation is 2. The molecule has 1 saturated heterocycles. The van der Waals surface area contributed by atoms with Gasteiger partial charge >= 0.3 is 0 Å². The molecular formula is C26H38NOY+. The molecule has 0 atom stereocenters. The summed E-state index contributed by atoms with van der Waals surface area (Å²) in [6.07, 6.45) is 6.78. The minimum absolute atomic E-state index is 0. The van der Waals surface area contributed by atoms with Gasteiger partial charge in [0.05, 0.1) is 13.1 Å². The van der Waals surface area contributed by atoms with Gasteiger partial charge in [0, 0.05) is 38.3 Å². The molecule has 0 bridgehead atoms. The van der Waals surface area contributed by atoms with E-state index in [2.05, 4.69) is 76.2 Å². The second kappa shape index (κ2) is 11.1. The largest absolute Gasteiger partial charge is 0.481 e. The van der Waals surface area contributed by atoms with Crippen LogP contribution in [0, 0.1) is 13.8 Å². The molecule has 0 aromatic heterocycles. The van der Waals surface area contributed by atoms with Crippen LogP contribution in [0.25, 0.3) is 0 Å². The first-order valence-corrected chi connectivity index (χ1v) is 11.0. The molecule has 29 heavy (non-hydrogen) atoms. The van der Waals surface area contributed by atoms with Gasteiger partial charge < -0.3 is 9.22 Å². The van der Waals surface area contributed by atoms with Crippen molar-refractivity contribution in [1.82, 2.24) is 0 Å². The monoisotopic (exact) mass is 469 g/mol. The Morgan fingerprint density at radius 1 is 0.793 bits per heavy atom. The van der Waals surface area contributed by atoms with Crippen molar-refractivity contribution in [3.05, 3.63) is 65.2 Å². The summed E-state index contributed by atoms with van der Waals surface area (Å²) in [6.45, 7) is 13.6. The van der Waals surface area contributed by atoms with Gasteiger partial charge in [-0.3, -0.25) is 0 Å². The van der Waals surface area contributed by atoms with E-state index < -0.39 is 0 Å². The molecule has 3 heteroatoms. The second-order valence-electron chi connectivity index (χ2n) is 9.44. The first kappa shape index (κ1) is 24.6. The molecule has 1 radical (unpaired) electrons. The number of para-hydroxylation sites is 1. The summed E-state index contributed by atoms with van der Waals surface area (Å²) < 4.78 is 7.83. The van der Waals surface area contributed by atoms with Crippen molar-refractivity contribution in [3.63, 3.8) is 0 Å². The molecule has 155 valence electrons. The van der Waals surface area contributed by atoms with Crippen molar-refractivity contribution >= 4 is 0 Å². The number of rotatable bonds is 6. The van der Waals surface area contributed by atoms with Crippen molar-refractivity contribution in [3.8, 4) is 5.75 Å². The van der Waals surface area contributed by atoms with Crippen LogP contribution in [-0.4, -0.2) is 29.7 Å². The summed E-state index contributed by atoms with van der Waals surface area (Å²) in [5.41, 5.74) is 3.71. The fourth-order valence-electron chi connectivity index (χ4n) is 4.96. The van der Waals surface area contributed by atoms with E-state index in [4.69, 9.17) is 4.74 Å². The van der Waals surface area contributed by atoms with E-state index in [1.54, 1.807) is 0 Å². The summed E-state index contributed by atoms with van der Waals surface area (Å²) in [7, 11) is 0. The van der Waals surface area contributed by atoms with Crippen LogP contribution in [-0.2, 0) is 39.3 Å². The Balaban J connectivity index is 0.00000300. The summed E-state index contributed by atoms with van der Waals surface area (Å²) in [5.74, 6) is 1.07. The molecule has 2 aromatic carbocycles. The van der Waals surface area contributed by atoms with Gasteiger partial charge in [-0.15, -0.1) is 0 Å². The maximum Gasteiger partial charge on any atom is 0.152 e. The Morgan fingerprint density at radius 3 is 1.93 bits per heavy atom. The van der Waals surface area contributed by atoms with E-state index in [0.29, 0.717) is 0 Å². The topological polar surface area (TPSA) is 9.23 Å². The van der Waals surface area contributed by atoms with Gasteiger partial charge in [0.25, 0.3) is 0 Å². The van der Waals surface area contributed by atoms with Gasteiger partial charge in [-0.05, 0) is 64.5 Å². The zero-order valence-corrected chi connectivity index (χ0v) is 21.8. The Bertz CT molecular complexity index is 728. The molecule has 0 amide bonds. The van der Waals surface area contributed by atoms with Crippen molar-refractivity contribution < 1.29 is 41.9 Å². The van der Waals surface area contributed by atoms with Crippen LogP contribution < -0.4 is 4.74 Å². The molecule has 1 aliphatic heterocycles. The van der Waals surface area contributed by atoms with Gasteiger partial charge in [-0.2, -0.15) is 0 Å². The minimum atomic E-state index is -0.204. The Hall–Kier alpha value is -0.696. The zero-order valence-electron chi connectivity index (χ0n) is 18.9. The number of benzene rings is 2. The average Bonchev–Trinajstić information content (AvgIpc) is 2.62.